The van der Waals surface area contributed by atoms with Crippen molar-refractivity contribution in [3.63, 3.8) is 0 Å². The molecule has 0 spiro atoms. The van der Waals surface area contributed by atoms with E-state index in [1.807, 2.05) is 6.07 Å². The second-order valence-corrected chi connectivity index (χ2v) is 4.50. The first kappa shape index (κ1) is 9.71. The maximum absolute atomic E-state index is 5.93. The number of alkyl halides is 1. The molecule has 1 aliphatic carbocycles. The Balaban J connectivity index is 1.87. The molecule has 1 fully saturated rings. The van der Waals surface area contributed by atoms with E-state index >= 15 is 0 Å². The lowest BCUT2D eigenvalue weighted by atomic mass is 9.84. The van der Waals surface area contributed by atoms with Gasteiger partial charge in [-0.15, -0.1) is 11.6 Å². The van der Waals surface area contributed by atoms with Crippen LogP contribution >= 0.6 is 11.6 Å². The van der Waals surface area contributed by atoms with Crippen LogP contribution < -0.4 is 4.90 Å². The van der Waals surface area contributed by atoms with Crippen molar-refractivity contribution in [1.29, 1.82) is 0 Å². The lowest BCUT2D eigenvalue weighted by Crippen LogP contribution is -2.35. The Bertz CT molecular complexity index is 285. The van der Waals surface area contributed by atoms with Crippen LogP contribution in [-0.4, -0.2) is 28.9 Å². The fourth-order valence-corrected chi connectivity index (χ4v) is 2.30. The van der Waals surface area contributed by atoms with E-state index < -0.39 is 0 Å². The van der Waals surface area contributed by atoms with Gasteiger partial charge in [0.25, 0.3) is 0 Å². The number of halogens is 1. The fraction of sp³-hybridized carbons (Fsp3) is 0.600. The topological polar surface area (TPSA) is 29.0 Å². The molecular formula is C10H14ClN3. The van der Waals surface area contributed by atoms with Gasteiger partial charge >= 0.3 is 0 Å². The van der Waals surface area contributed by atoms with Crippen molar-refractivity contribution < 1.29 is 0 Å². The van der Waals surface area contributed by atoms with Crippen molar-refractivity contribution in [2.24, 2.45) is 5.92 Å². The summed E-state index contributed by atoms with van der Waals surface area (Å²) in [5.41, 5.74) is 0. The lowest BCUT2D eigenvalue weighted by molar-refractivity contribution is 0.328. The van der Waals surface area contributed by atoms with Crippen molar-refractivity contribution in [2.45, 2.75) is 18.2 Å². The summed E-state index contributed by atoms with van der Waals surface area (Å²) in [6.07, 6.45) is 5.62. The van der Waals surface area contributed by atoms with E-state index in [9.17, 15) is 0 Å². The Kier molecular flexibility index (Phi) is 2.87. The summed E-state index contributed by atoms with van der Waals surface area (Å²) < 4.78 is 0. The minimum Gasteiger partial charge on any atom is -0.359 e. The lowest BCUT2D eigenvalue weighted by Gasteiger charge is -2.34. The van der Waals surface area contributed by atoms with Gasteiger partial charge in [0.05, 0.1) is 0 Å². The third-order valence-electron chi connectivity index (χ3n) is 2.67. The van der Waals surface area contributed by atoms with Gasteiger partial charge in [-0.2, -0.15) is 0 Å². The average molecular weight is 212 g/mol. The number of anilines is 1. The highest BCUT2D eigenvalue weighted by molar-refractivity contribution is 6.21. The van der Waals surface area contributed by atoms with Gasteiger partial charge in [-0.1, -0.05) is 0 Å². The standard InChI is InChI=1S/C10H14ClN3/c1-14(6-8-4-9(11)5-8)10-2-3-12-7-13-10/h2-3,7-9H,4-6H2,1H3. The van der Waals surface area contributed by atoms with Gasteiger partial charge in [0.15, 0.2) is 0 Å². The van der Waals surface area contributed by atoms with Crippen LogP contribution in [0.1, 0.15) is 12.8 Å². The van der Waals surface area contributed by atoms with E-state index in [1.165, 1.54) is 0 Å². The Morgan fingerprint density at radius 1 is 1.57 bits per heavy atom. The molecule has 0 N–H and O–H groups in total. The van der Waals surface area contributed by atoms with E-state index in [4.69, 9.17) is 11.6 Å². The largest absolute Gasteiger partial charge is 0.359 e. The number of rotatable bonds is 3. The van der Waals surface area contributed by atoms with Crippen LogP contribution in [0.15, 0.2) is 18.6 Å². The molecule has 4 heteroatoms. The molecule has 2 rings (SSSR count). The quantitative estimate of drug-likeness (QED) is 0.716. The molecule has 0 aliphatic heterocycles. The third-order valence-corrected chi connectivity index (χ3v) is 3.02. The highest BCUT2D eigenvalue weighted by Crippen LogP contribution is 2.32. The average Bonchev–Trinajstić information content (AvgIpc) is 2.17. The summed E-state index contributed by atoms with van der Waals surface area (Å²) >= 11 is 5.93. The van der Waals surface area contributed by atoms with Gasteiger partial charge in [0.1, 0.15) is 12.1 Å². The molecule has 0 unspecified atom stereocenters. The first-order chi connectivity index (χ1) is 6.75. The maximum Gasteiger partial charge on any atom is 0.131 e. The van der Waals surface area contributed by atoms with Crippen LogP contribution in [0.2, 0.25) is 0 Å². The summed E-state index contributed by atoms with van der Waals surface area (Å²) in [6.45, 7) is 1.04. The first-order valence-corrected chi connectivity index (χ1v) is 5.30. The summed E-state index contributed by atoms with van der Waals surface area (Å²) in [6, 6.07) is 1.93. The molecule has 1 aliphatic rings. The van der Waals surface area contributed by atoms with Crippen LogP contribution in [-0.2, 0) is 0 Å². The third kappa shape index (κ3) is 2.15. The molecule has 1 aromatic rings. The smallest absolute Gasteiger partial charge is 0.131 e. The monoisotopic (exact) mass is 211 g/mol. The predicted molar refractivity (Wildman–Crippen MR) is 57.7 cm³/mol. The highest BCUT2D eigenvalue weighted by atomic mass is 35.5. The zero-order chi connectivity index (χ0) is 9.97. The van der Waals surface area contributed by atoms with Crippen LogP contribution in [0.5, 0.6) is 0 Å². The normalized spacial score (nSPS) is 25.6. The van der Waals surface area contributed by atoms with E-state index in [0.29, 0.717) is 5.38 Å². The number of hydrogen-bond acceptors (Lipinski definition) is 3. The Morgan fingerprint density at radius 3 is 2.93 bits per heavy atom. The number of hydrogen-bond donors (Lipinski definition) is 0. The summed E-state index contributed by atoms with van der Waals surface area (Å²) in [4.78, 5) is 10.2. The minimum absolute atomic E-state index is 0.402. The summed E-state index contributed by atoms with van der Waals surface area (Å²) in [7, 11) is 2.06. The van der Waals surface area contributed by atoms with Crippen LogP contribution in [0.25, 0.3) is 0 Å². The van der Waals surface area contributed by atoms with Gasteiger partial charge in [0.2, 0.25) is 0 Å². The maximum atomic E-state index is 5.93. The molecule has 0 atom stereocenters. The number of nitrogens with zero attached hydrogens (tertiary/aromatic N) is 3. The van der Waals surface area contributed by atoms with E-state index in [-0.39, 0.29) is 0 Å². The van der Waals surface area contributed by atoms with E-state index in [0.717, 1.165) is 31.1 Å². The molecule has 76 valence electrons. The van der Waals surface area contributed by atoms with Crippen molar-refractivity contribution in [2.75, 3.05) is 18.5 Å². The van der Waals surface area contributed by atoms with Gasteiger partial charge < -0.3 is 4.90 Å². The van der Waals surface area contributed by atoms with Crippen LogP contribution in [0.4, 0.5) is 5.82 Å². The van der Waals surface area contributed by atoms with Crippen molar-refractivity contribution >= 4 is 17.4 Å². The Labute approximate surface area is 89.1 Å². The molecular weight excluding hydrogens is 198 g/mol. The second-order valence-electron chi connectivity index (χ2n) is 3.88. The highest BCUT2D eigenvalue weighted by Gasteiger charge is 2.28. The zero-order valence-electron chi connectivity index (χ0n) is 8.23. The predicted octanol–water partition coefficient (Wildman–Crippen LogP) is 1.93. The van der Waals surface area contributed by atoms with Gasteiger partial charge in [-0.3, -0.25) is 0 Å². The molecule has 0 radical (unpaired) electrons. The zero-order valence-corrected chi connectivity index (χ0v) is 8.98. The Morgan fingerprint density at radius 2 is 2.36 bits per heavy atom. The Hall–Kier alpha value is -0.830. The first-order valence-electron chi connectivity index (χ1n) is 4.87. The molecule has 0 amide bonds. The molecule has 0 bridgehead atoms. The fourth-order valence-electron chi connectivity index (χ4n) is 1.79. The van der Waals surface area contributed by atoms with Crippen molar-refractivity contribution in [1.82, 2.24) is 9.97 Å². The molecule has 3 nitrogen and oxygen atoms in total. The second kappa shape index (κ2) is 4.13. The molecule has 0 aromatic carbocycles. The summed E-state index contributed by atoms with van der Waals surface area (Å²) in [5, 5.41) is 0.402. The SMILES string of the molecule is CN(CC1CC(Cl)C1)c1ccncn1. The number of aromatic nitrogens is 2. The van der Waals surface area contributed by atoms with E-state index in [2.05, 4.69) is 21.9 Å². The van der Waals surface area contributed by atoms with Crippen molar-refractivity contribution in [3.8, 4) is 0 Å². The van der Waals surface area contributed by atoms with Gasteiger partial charge in [-0.25, -0.2) is 9.97 Å². The molecule has 1 saturated carbocycles. The van der Waals surface area contributed by atoms with Gasteiger partial charge in [-0.05, 0) is 24.8 Å². The van der Waals surface area contributed by atoms with E-state index in [1.54, 1.807) is 12.5 Å². The molecule has 0 saturated heterocycles. The van der Waals surface area contributed by atoms with Crippen molar-refractivity contribution in [3.05, 3.63) is 18.6 Å². The molecule has 1 aromatic heterocycles. The molecule has 1 heterocycles. The van der Waals surface area contributed by atoms with Gasteiger partial charge in [0, 0.05) is 25.2 Å². The minimum atomic E-state index is 0.402. The van der Waals surface area contributed by atoms with Crippen LogP contribution in [0, 0.1) is 5.92 Å². The molecule has 14 heavy (non-hydrogen) atoms. The van der Waals surface area contributed by atoms with Crippen LogP contribution in [0.3, 0.4) is 0 Å². The summed E-state index contributed by atoms with van der Waals surface area (Å²) in [5.74, 6) is 1.72.